The van der Waals surface area contributed by atoms with Gasteiger partial charge in [0.15, 0.2) is 0 Å². The summed E-state index contributed by atoms with van der Waals surface area (Å²) in [6.07, 6.45) is 0. The van der Waals surface area contributed by atoms with Gasteiger partial charge in [0.2, 0.25) is 0 Å². The van der Waals surface area contributed by atoms with Crippen molar-refractivity contribution in [1.82, 2.24) is 4.90 Å². The Morgan fingerprint density at radius 1 is 1.21 bits per heavy atom. The first-order chi connectivity index (χ1) is 8.77. The van der Waals surface area contributed by atoms with Crippen LogP contribution in [-0.2, 0) is 6.54 Å². The molecule has 0 amide bonds. The minimum absolute atomic E-state index is 0.170. The molecule has 1 aromatic carbocycles. The summed E-state index contributed by atoms with van der Waals surface area (Å²) in [4.78, 5) is 2.51. The molecule has 0 aromatic heterocycles. The maximum atomic E-state index is 6.25. The van der Waals surface area contributed by atoms with E-state index in [4.69, 9.17) is 5.73 Å². The number of rotatable bonds is 5. The highest BCUT2D eigenvalue weighted by Crippen LogP contribution is 2.28. The first-order valence-electron chi connectivity index (χ1n) is 7.31. The predicted octanol–water partition coefficient (Wildman–Crippen LogP) is 3.58. The van der Waals surface area contributed by atoms with Crippen LogP contribution in [0.5, 0.6) is 0 Å². The van der Waals surface area contributed by atoms with Crippen LogP contribution in [-0.4, -0.2) is 23.5 Å². The van der Waals surface area contributed by atoms with Crippen molar-refractivity contribution in [1.29, 1.82) is 0 Å². The Labute approximate surface area is 119 Å². The number of likely N-dealkylation sites (N-methyl/N-ethyl adjacent to an activating group) is 1. The minimum Gasteiger partial charge on any atom is -0.327 e. The topological polar surface area (TPSA) is 29.3 Å². The van der Waals surface area contributed by atoms with Gasteiger partial charge in [0.1, 0.15) is 0 Å². The van der Waals surface area contributed by atoms with Crippen molar-refractivity contribution in [2.45, 2.75) is 60.2 Å². The molecule has 2 atom stereocenters. The van der Waals surface area contributed by atoms with Crippen LogP contribution in [0.2, 0.25) is 0 Å². The molecule has 0 aliphatic heterocycles. The second-order valence-corrected chi connectivity index (χ2v) is 6.66. The van der Waals surface area contributed by atoms with E-state index in [1.165, 1.54) is 11.1 Å². The fourth-order valence-electron chi connectivity index (χ4n) is 3.08. The van der Waals surface area contributed by atoms with Gasteiger partial charge in [0.25, 0.3) is 0 Å². The number of benzene rings is 1. The molecule has 2 unspecified atom stereocenters. The Morgan fingerprint density at radius 3 is 2.21 bits per heavy atom. The van der Waals surface area contributed by atoms with Crippen LogP contribution < -0.4 is 5.73 Å². The molecule has 19 heavy (non-hydrogen) atoms. The molecule has 2 N–H and O–H groups in total. The van der Waals surface area contributed by atoms with Crippen molar-refractivity contribution in [3.8, 4) is 0 Å². The second-order valence-electron chi connectivity index (χ2n) is 6.66. The Hall–Kier alpha value is -0.860. The fraction of sp³-hybridized carbons (Fsp3) is 0.647. The van der Waals surface area contributed by atoms with E-state index in [9.17, 15) is 0 Å². The standard InChI is InChI=1S/C17H30N2/c1-7-19(16(14(3)18)17(4,5)6)12-15-11-9-8-10-13(15)2/h8-11,14,16H,7,12,18H2,1-6H3. The van der Waals surface area contributed by atoms with E-state index in [-0.39, 0.29) is 11.5 Å². The summed E-state index contributed by atoms with van der Waals surface area (Å²) in [5, 5.41) is 0. The average Bonchev–Trinajstić information content (AvgIpc) is 2.28. The van der Waals surface area contributed by atoms with E-state index in [1.807, 2.05) is 0 Å². The second kappa shape index (κ2) is 6.53. The number of nitrogens with two attached hydrogens (primary N) is 1. The summed E-state index contributed by atoms with van der Waals surface area (Å²) in [5.74, 6) is 0. The van der Waals surface area contributed by atoms with E-state index < -0.39 is 0 Å². The van der Waals surface area contributed by atoms with Gasteiger partial charge in [0, 0.05) is 18.6 Å². The zero-order chi connectivity index (χ0) is 14.6. The van der Waals surface area contributed by atoms with Gasteiger partial charge in [-0.25, -0.2) is 0 Å². The highest BCUT2D eigenvalue weighted by atomic mass is 15.2. The zero-order valence-electron chi connectivity index (χ0n) is 13.4. The van der Waals surface area contributed by atoms with Crippen molar-refractivity contribution in [2.75, 3.05) is 6.54 Å². The average molecular weight is 262 g/mol. The molecule has 2 nitrogen and oxygen atoms in total. The molecule has 0 saturated heterocycles. The monoisotopic (exact) mass is 262 g/mol. The van der Waals surface area contributed by atoms with Crippen LogP contribution in [0.25, 0.3) is 0 Å². The number of nitrogens with zero attached hydrogens (tertiary/aromatic N) is 1. The van der Waals surface area contributed by atoms with Crippen LogP contribution in [0.15, 0.2) is 24.3 Å². The fourth-order valence-corrected chi connectivity index (χ4v) is 3.08. The molecule has 2 heteroatoms. The summed E-state index contributed by atoms with van der Waals surface area (Å²) >= 11 is 0. The molecular formula is C17H30N2. The van der Waals surface area contributed by atoms with Gasteiger partial charge in [-0.15, -0.1) is 0 Å². The smallest absolute Gasteiger partial charge is 0.0296 e. The maximum Gasteiger partial charge on any atom is 0.0296 e. The van der Waals surface area contributed by atoms with Crippen LogP contribution in [0.4, 0.5) is 0 Å². The number of aryl methyl sites for hydroxylation is 1. The summed E-state index contributed by atoms with van der Waals surface area (Å²) in [6, 6.07) is 9.18. The van der Waals surface area contributed by atoms with Crippen molar-refractivity contribution >= 4 is 0 Å². The molecule has 0 bridgehead atoms. The molecule has 1 aromatic rings. The van der Waals surface area contributed by atoms with E-state index in [0.29, 0.717) is 6.04 Å². The van der Waals surface area contributed by atoms with Crippen LogP contribution in [0.3, 0.4) is 0 Å². The first-order valence-corrected chi connectivity index (χ1v) is 7.31. The van der Waals surface area contributed by atoms with Gasteiger partial charge in [-0.1, -0.05) is 52.0 Å². The Balaban J connectivity index is 2.96. The quantitative estimate of drug-likeness (QED) is 0.879. The molecule has 0 saturated carbocycles. The first kappa shape index (κ1) is 16.2. The molecule has 108 valence electrons. The van der Waals surface area contributed by atoms with Gasteiger partial charge in [-0.2, -0.15) is 0 Å². The summed E-state index contributed by atoms with van der Waals surface area (Å²) in [6.45, 7) is 15.4. The van der Waals surface area contributed by atoms with Gasteiger partial charge in [-0.05, 0) is 36.9 Å². The van der Waals surface area contributed by atoms with E-state index in [2.05, 4.69) is 70.7 Å². The third kappa shape index (κ3) is 4.32. The highest BCUT2D eigenvalue weighted by Gasteiger charge is 2.32. The Morgan fingerprint density at radius 2 is 1.79 bits per heavy atom. The van der Waals surface area contributed by atoms with Gasteiger partial charge in [0.05, 0.1) is 0 Å². The van der Waals surface area contributed by atoms with Crippen LogP contribution in [0, 0.1) is 12.3 Å². The van der Waals surface area contributed by atoms with Crippen LogP contribution in [0.1, 0.15) is 45.7 Å². The van der Waals surface area contributed by atoms with E-state index in [0.717, 1.165) is 13.1 Å². The Bertz CT molecular complexity index is 390. The Kier molecular flexibility index (Phi) is 5.57. The lowest BCUT2D eigenvalue weighted by molar-refractivity contribution is 0.0799. The molecule has 0 fully saturated rings. The molecule has 0 aliphatic rings. The van der Waals surface area contributed by atoms with Crippen LogP contribution >= 0.6 is 0 Å². The summed E-state index contributed by atoms with van der Waals surface area (Å²) < 4.78 is 0. The highest BCUT2D eigenvalue weighted by molar-refractivity contribution is 5.25. The van der Waals surface area contributed by atoms with Crippen molar-refractivity contribution in [3.05, 3.63) is 35.4 Å². The molecule has 0 aliphatic carbocycles. The van der Waals surface area contributed by atoms with Gasteiger partial charge < -0.3 is 5.73 Å². The van der Waals surface area contributed by atoms with Crippen molar-refractivity contribution in [3.63, 3.8) is 0 Å². The molecular weight excluding hydrogens is 232 g/mol. The van der Waals surface area contributed by atoms with Gasteiger partial charge >= 0.3 is 0 Å². The number of hydrogen-bond donors (Lipinski definition) is 1. The van der Waals surface area contributed by atoms with Crippen molar-refractivity contribution < 1.29 is 0 Å². The van der Waals surface area contributed by atoms with E-state index >= 15 is 0 Å². The third-order valence-corrected chi connectivity index (χ3v) is 3.82. The molecule has 0 spiro atoms. The number of hydrogen-bond acceptors (Lipinski definition) is 2. The largest absolute Gasteiger partial charge is 0.327 e. The maximum absolute atomic E-state index is 6.25. The predicted molar refractivity (Wildman–Crippen MR) is 84.2 cm³/mol. The SMILES string of the molecule is CCN(Cc1ccccc1C)C(C(C)N)C(C)(C)C. The van der Waals surface area contributed by atoms with Crippen molar-refractivity contribution in [2.24, 2.45) is 11.1 Å². The lowest BCUT2D eigenvalue weighted by Gasteiger charge is -2.42. The minimum atomic E-state index is 0.170. The molecule has 0 radical (unpaired) electrons. The summed E-state index contributed by atoms with van der Waals surface area (Å²) in [5.41, 5.74) is 9.20. The summed E-state index contributed by atoms with van der Waals surface area (Å²) in [7, 11) is 0. The zero-order valence-corrected chi connectivity index (χ0v) is 13.4. The molecule has 0 heterocycles. The lowest BCUT2D eigenvalue weighted by atomic mass is 9.81. The third-order valence-electron chi connectivity index (χ3n) is 3.82. The van der Waals surface area contributed by atoms with Gasteiger partial charge in [-0.3, -0.25) is 4.90 Å². The van der Waals surface area contributed by atoms with E-state index in [1.54, 1.807) is 0 Å². The normalized spacial score (nSPS) is 15.6. The molecule has 1 rings (SSSR count). The lowest BCUT2D eigenvalue weighted by Crippen LogP contribution is -2.53.